The minimum absolute atomic E-state index is 0.0411. The van der Waals surface area contributed by atoms with Gasteiger partial charge in [0.05, 0.1) is 31.2 Å². The van der Waals surface area contributed by atoms with Crippen molar-refractivity contribution in [1.82, 2.24) is 0 Å². The molecule has 0 aliphatic heterocycles. The molecule has 0 radical (unpaired) electrons. The fraction of sp³-hybridized carbons (Fsp3) is 0.449. The van der Waals surface area contributed by atoms with Crippen LogP contribution in [0.4, 0.5) is 0 Å². The summed E-state index contributed by atoms with van der Waals surface area (Å²) in [5.74, 6) is -1.03. The van der Waals surface area contributed by atoms with Crippen LogP contribution in [-0.4, -0.2) is 45.6 Å². The SMILES string of the molecule is CCC(CC)(c1ccc(CCC2(O)CCCC2)c(C)c1)c1ccc(-c2ccc(CC(=O)O)cc2)c(C)c1.CCC(CC)(c1ccc(CCC2(O)CCCC2)c(C)c1)c1ccc(-c2ccc(CC(=O)OC)cc2)c(C)c1. The summed E-state index contributed by atoms with van der Waals surface area (Å²) in [7, 11) is 1.42. The number of methoxy groups -OCH3 is 1. The number of aryl methyl sites for hydroxylation is 6. The van der Waals surface area contributed by atoms with Crippen molar-refractivity contribution >= 4 is 11.9 Å². The normalized spacial score (nSPS) is 15.1. The summed E-state index contributed by atoms with van der Waals surface area (Å²) in [6.45, 7) is 18.0. The van der Waals surface area contributed by atoms with Crippen LogP contribution in [0.25, 0.3) is 22.3 Å². The summed E-state index contributed by atoms with van der Waals surface area (Å²) in [4.78, 5) is 22.6. The van der Waals surface area contributed by atoms with E-state index in [0.717, 1.165) is 125 Å². The van der Waals surface area contributed by atoms with E-state index in [0.29, 0.717) is 6.42 Å². The van der Waals surface area contributed by atoms with Gasteiger partial charge in [-0.25, -0.2) is 0 Å². The maximum Gasteiger partial charge on any atom is 0.309 e. The molecule has 75 heavy (non-hydrogen) atoms. The third-order valence-electron chi connectivity index (χ3n) is 18.0. The van der Waals surface area contributed by atoms with Crippen molar-refractivity contribution in [3.05, 3.63) is 188 Å². The summed E-state index contributed by atoms with van der Waals surface area (Å²) in [6.07, 6.45) is 16.5. The largest absolute Gasteiger partial charge is 0.481 e. The molecule has 0 aromatic heterocycles. The van der Waals surface area contributed by atoms with Crippen LogP contribution >= 0.6 is 0 Å². The van der Waals surface area contributed by atoms with Gasteiger partial charge in [0, 0.05) is 10.8 Å². The highest BCUT2D eigenvalue weighted by atomic mass is 16.5. The van der Waals surface area contributed by atoms with Crippen molar-refractivity contribution in [3.63, 3.8) is 0 Å². The first kappa shape index (κ1) is 56.9. The third kappa shape index (κ3) is 13.2. The van der Waals surface area contributed by atoms with Gasteiger partial charge in [0.2, 0.25) is 0 Å². The molecule has 0 saturated heterocycles. The average molecular weight is 1010 g/mol. The molecule has 6 nitrogen and oxygen atoms in total. The fourth-order valence-corrected chi connectivity index (χ4v) is 12.9. The van der Waals surface area contributed by atoms with E-state index in [1.807, 2.05) is 36.4 Å². The Balaban J connectivity index is 0.000000219. The van der Waals surface area contributed by atoms with Crippen LogP contribution in [0, 0.1) is 27.7 Å². The quantitative estimate of drug-likeness (QED) is 0.0658. The van der Waals surface area contributed by atoms with Crippen molar-refractivity contribution in [2.45, 2.75) is 193 Å². The summed E-state index contributed by atoms with van der Waals surface area (Å²) < 4.78 is 4.79. The van der Waals surface area contributed by atoms with Crippen LogP contribution in [0.1, 0.15) is 184 Å². The number of carbonyl (C=O) groups is 2. The number of aliphatic hydroxyl groups is 2. The molecule has 6 aromatic rings. The molecule has 6 aromatic carbocycles. The second-order valence-electron chi connectivity index (χ2n) is 22.5. The minimum Gasteiger partial charge on any atom is -0.481 e. The van der Waals surface area contributed by atoms with Gasteiger partial charge in [0.15, 0.2) is 0 Å². The van der Waals surface area contributed by atoms with Gasteiger partial charge in [0.1, 0.15) is 0 Å². The number of carboxylic acid groups (broad SMARTS) is 1. The molecule has 0 bridgehead atoms. The monoisotopic (exact) mass is 1010 g/mol. The fourth-order valence-electron chi connectivity index (χ4n) is 12.9. The molecule has 0 unspecified atom stereocenters. The van der Waals surface area contributed by atoms with E-state index >= 15 is 0 Å². The second kappa shape index (κ2) is 24.9. The Morgan fingerprint density at radius 3 is 1.12 bits per heavy atom. The van der Waals surface area contributed by atoms with Crippen molar-refractivity contribution < 1.29 is 29.6 Å². The van der Waals surface area contributed by atoms with Gasteiger partial charge in [-0.15, -0.1) is 0 Å². The molecule has 2 aliphatic rings. The van der Waals surface area contributed by atoms with E-state index in [1.54, 1.807) is 0 Å². The van der Waals surface area contributed by atoms with Gasteiger partial charge in [0.25, 0.3) is 0 Å². The number of hydrogen-bond acceptors (Lipinski definition) is 5. The number of hydrogen-bond donors (Lipinski definition) is 3. The molecule has 0 heterocycles. The topological polar surface area (TPSA) is 104 Å². The van der Waals surface area contributed by atoms with Crippen LogP contribution in [0.2, 0.25) is 0 Å². The Bertz CT molecular complexity index is 2870. The molecular formula is C69H86O6. The summed E-state index contributed by atoms with van der Waals surface area (Å²) in [5, 5.41) is 30.7. The molecule has 398 valence electrons. The lowest BCUT2D eigenvalue weighted by atomic mass is 9.69. The van der Waals surface area contributed by atoms with Crippen molar-refractivity contribution in [3.8, 4) is 22.3 Å². The Morgan fingerprint density at radius 1 is 0.480 bits per heavy atom. The number of carboxylic acids is 1. The lowest BCUT2D eigenvalue weighted by Gasteiger charge is -2.34. The second-order valence-corrected chi connectivity index (χ2v) is 22.5. The molecular weight excluding hydrogens is 925 g/mol. The van der Waals surface area contributed by atoms with E-state index in [9.17, 15) is 19.8 Å². The van der Waals surface area contributed by atoms with Gasteiger partial charge in [-0.05, 0) is 194 Å². The first-order chi connectivity index (χ1) is 35.9. The van der Waals surface area contributed by atoms with Crippen LogP contribution in [0.15, 0.2) is 121 Å². The smallest absolute Gasteiger partial charge is 0.309 e. The molecule has 2 aliphatic carbocycles. The van der Waals surface area contributed by atoms with E-state index < -0.39 is 17.2 Å². The number of aliphatic carboxylic acids is 1. The van der Waals surface area contributed by atoms with Crippen LogP contribution in [0.3, 0.4) is 0 Å². The van der Waals surface area contributed by atoms with Gasteiger partial charge >= 0.3 is 11.9 Å². The first-order valence-corrected chi connectivity index (χ1v) is 28.3. The zero-order chi connectivity index (χ0) is 54.0. The lowest BCUT2D eigenvalue weighted by Crippen LogP contribution is -2.27. The predicted octanol–water partition coefficient (Wildman–Crippen LogP) is 16.0. The highest BCUT2D eigenvalue weighted by Crippen LogP contribution is 2.44. The summed E-state index contributed by atoms with van der Waals surface area (Å²) in [5.41, 5.74) is 18.7. The molecule has 0 amide bonds. The third-order valence-corrected chi connectivity index (χ3v) is 18.0. The molecule has 2 saturated carbocycles. The van der Waals surface area contributed by atoms with Crippen LogP contribution < -0.4 is 0 Å². The number of carbonyl (C=O) groups excluding carboxylic acids is 1. The van der Waals surface area contributed by atoms with E-state index in [2.05, 4.69) is 140 Å². The average Bonchev–Trinajstić information content (AvgIpc) is 4.05. The Hall–Kier alpha value is -5.82. The number of benzene rings is 6. The lowest BCUT2D eigenvalue weighted by molar-refractivity contribution is -0.140. The highest BCUT2D eigenvalue weighted by Gasteiger charge is 2.35. The van der Waals surface area contributed by atoms with Gasteiger partial charge < -0.3 is 20.1 Å². The maximum absolute atomic E-state index is 11.6. The van der Waals surface area contributed by atoms with Gasteiger partial charge in [-0.2, -0.15) is 0 Å². The number of ether oxygens (including phenoxy) is 1. The predicted molar refractivity (Wildman–Crippen MR) is 309 cm³/mol. The van der Waals surface area contributed by atoms with Crippen LogP contribution in [-0.2, 0) is 50.8 Å². The van der Waals surface area contributed by atoms with Gasteiger partial charge in [-0.3, -0.25) is 9.59 Å². The molecule has 6 heteroatoms. The highest BCUT2D eigenvalue weighted by molar-refractivity contribution is 5.74. The molecule has 8 rings (SSSR count). The molecule has 3 N–H and O–H groups in total. The number of rotatable bonds is 20. The zero-order valence-corrected chi connectivity index (χ0v) is 46.8. The van der Waals surface area contributed by atoms with Crippen molar-refractivity contribution in [1.29, 1.82) is 0 Å². The first-order valence-electron chi connectivity index (χ1n) is 28.3. The van der Waals surface area contributed by atoms with E-state index in [1.165, 1.54) is 73.9 Å². The Kier molecular flexibility index (Phi) is 18.9. The summed E-state index contributed by atoms with van der Waals surface area (Å²) in [6, 6.07) is 43.9. The number of esters is 1. The van der Waals surface area contributed by atoms with E-state index in [4.69, 9.17) is 9.84 Å². The summed E-state index contributed by atoms with van der Waals surface area (Å²) >= 11 is 0. The maximum atomic E-state index is 11.6. The van der Waals surface area contributed by atoms with Crippen molar-refractivity contribution in [2.24, 2.45) is 0 Å². The molecule has 0 atom stereocenters. The van der Waals surface area contributed by atoms with Gasteiger partial charge in [-0.1, -0.05) is 175 Å². The molecule has 0 spiro atoms. The Morgan fingerprint density at radius 2 is 0.813 bits per heavy atom. The van der Waals surface area contributed by atoms with E-state index in [-0.39, 0.29) is 23.2 Å². The minimum atomic E-state index is -0.807. The molecule has 2 fully saturated rings. The zero-order valence-electron chi connectivity index (χ0n) is 46.8. The standard InChI is InChI=1S/C35H44O3.C34H42O3/c1-6-35(7-2,30-15-14-28(25(3)22-30)18-21-34(37)19-8-9-20-34)31-16-17-32(26(4)23-31)29-12-10-27(11-13-29)24-33(36)38-5;1-5-34(6-2,29-14-13-27(24(3)21-29)17-20-33(37)18-7-8-19-33)30-15-16-31(25(4)22-30)28-11-9-26(10-12-28)23-32(35)36/h10-17,22-23,37H,6-9,18-21,24H2,1-5H3;9-16,21-22,37H,5-8,17-20,23H2,1-4H3,(H,35,36). The Labute approximate surface area is 450 Å². The van der Waals surface area contributed by atoms with Crippen molar-refractivity contribution in [2.75, 3.05) is 7.11 Å². The van der Waals surface area contributed by atoms with Crippen LogP contribution in [0.5, 0.6) is 0 Å².